The first kappa shape index (κ1) is 19.1. The van der Waals surface area contributed by atoms with E-state index in [9.17, 15) is 9.59 Å². The number of carbonyl (C=O) groups excluding carboxylic acids is 2. The van der Waals surface area contributed by atoms with E-state index in [-0.39, 0.29) is 12.5 Å². The first-order valence-corrected chi connectivity index (χ1v) is 10.1. The lowest BCUT2D eigenvalue weighted by Crippen LogP contribution is -2.50. The molecule has 0 aliphatic carbocycles. The topological polar surface area (TPSA) is 72.6 Å². The minimum absolute atomic E-state index is 0.0872. The fourth-order valence-corrected chi connectivity index (χ4v) is 4.36. The Kier molecular flexibility index (Phi) is 5.53. The number of nitrogens with zero attached hydrogens (tertiary/aromatic N) is 1. The van der Waals surface area contributed by atoms with Gasteiger partial charge in [-0.2, -0.15) is 0 Å². The zero-order chi connectivity index (χ0) is 20.2. The molecule has 1 aliphatic rings. The van der Waals surface area contributed by atoms with Crippen molar-refractivity contribution in [2.45, 2.75) is 16.2 Å². The summed E-state index contributed by atoms with van der Waals surface area (Å²) < 4.78 is 5.70. The molecule has 2 N–H and O–H groups in total. The number of fused-ring (bicyclic) bond motifs is 1. The Hall–Kier alpha value is -3.25. The predicted octanol–water partition coefficient (Wildman–Crippen LogP) is 3.80. The van der Waals surface area contributed by atoms with Gasteiger partial charge < -0.3 is 15.4 Å². The Morgan fingerprint density at radius 2 is 1.55 bits per heavy atom. The Labute approximate surface area is 173 Å². The monoisotopic (exact) mass is 404 g/mol. The molecule has 4 rings (SSSR count). The molecule has 3 aromatic rings. The number of primary amides is 1. The second kappa shape index (κ2) is 8.41. The van der Waals surface area contributed by atoms with Crippen LogP contribution in [0.15, 0.2) is 89.8 Å². The van der Waals surface area contributed by atoms with E-state index in [4.69, 9.17) is 10.5 Å². The zero-order valence-electron chi connectivity index (χ0n) is 15.6. The average Bonchev–Trinajstić information content (AvgIpc) is 2.77. The standard InChI is InChI=1S/C23H20N2O3S/c24-22(26)20-15-25(18-13-7-8-14-19(18)28-20)23(27)21(16-9-3-1-4-10-16)29-17-11-5-2-6-12-17/h1-14,20-21H,15H2,(H2,24,26)/t20-,21+/m0/s1. The van der Waals surface area contributed by atoms with Gasteiger partial charge >= 0.3 is 0 Å². The maximum absolute atomic E-state index is 13.7. The van der Waals surface area contributed by atoms with E-state index in [1.54, 1.807) is 17.0 Å². The van der Waals surface area contributed by atoms with E-state index in [2.05, 4.69) is 0 Å². The highest BCUT2D eigenvalue weighted by molar-refractivity contribution is 8.00. The number of carbonyl (C=O) groups is 2. The van der Waals surface area contributed by atoms with E-state index < -0.39 is 17.3 Å². The highest BCUT2D eigenvalue weighted by Crippen LogP contribution is 2.40. The second-order valence-electron chi connectivity index (χ2n) is 6.65. The van der Waals surface area contributed by atoms with Crippen LogP contribution >= 0.6 is 11.8 Å². The summed E-state index contributed by atoms with van der Waals surface area (Å²) in [7, 11) is 0. The van der Waals surface area contributed by atoms with Crippen molar-refractivity contribution >= 4 is 29.3 Å². The van der Waals surface area contributed by atoms with Crippen molar-refractivity contribution < 1.29 is 14.3 Å². The number of nitrogens with two attached hydrogens (primary N) is 1. The van der Waals surface area contributed by atoms with Crippen LogP contribution in [0.2, 0.25) is 0 Å². The molecule has 0 fully saturated rings. The minimum Gasteiger partial charge on any atom is -0.477 e. The SMILES string of the molecule is NC(=O)[C@@H]1CN(C(=O)[C@H](Sc2ccccc2)c2ccccc2)c2ccccc2O1. The third kappa shape index (κ3) is 4.12. The number of rotatable bonds is 5. The average molecular weight is 404 g/mol. The molecule has 0 saturated heterocycles. The summed E-state index contributed by atoms with van der Waals surface area (Å²) >= 11 is 1.48. The van der Waals surface area contributed by atoms with Crippen molar-refractivity contribution in [3.63, 3.8) is 0 Å². The lowest BCUT2D eigenvalue weighted by molar-refractivity contribution is -0.125. The van der Waals surface area contributed by atoms with Gasteiger partial charge in [0.25, 0.3) is 5.91 Å². The summed E-state index contributed by atoms with van der Waals surface area (Å²) in [4.78, 5) is 28.2. The maximum atomic E-state index is 13.7. The van der Waals surface area contributed by atoms with E-state index in [0.717, 1.165) is 10.5 Å². The normalized spacial score (nSPS) is 16.4. The van der Waals surface area contributed by atoms with Crippen molar-refractivity contribution in [3.8, 4) is 5.75 Å². The van der Waals surface area contributed by atoms with Crippen LogP contribution in [0.25, 0.3) is 0 Å². The zero-order valence-corrected chi connectivity index (χ0v) is 16.4. The first-order valence-electron chi connectivity index (χ1n) is 9.26. The minimum atomic E-state index is -0.882. The summed E-state index contributed by atoms with van der Waals surface area (Å²) in [5, 5.41) is -0.474. The molecule has 0 unspecified atom stereocenters. The lowest BCUT2D eigenvalue weighted by atomic mass is 10.1. The van der Waals surface area contributed by atoms with Gasteiger partial charge in [-0.1, -0.05) is 60.7 Å². The van der Waals surface area contributed by atoms with Crippen LogP contribution in [0.5, 0.6) is 5.75 Å². The van der Waals surface area contributed by atoms with Gasteiger partial charge in [0.2, 0.25) is 5.91 Å². The van der Waals surface area contributed by atoms with E-state index in [1.807, 2.05) is 72.8 Å². The smallest absolute Gasteiger partial charge is 0.260 e. The molecule has 1 aliphatic heterocycles. The lowest BCUT2D eigenvalue weighted by Gasteiger charge is -2.35. The Bertz CT molecular complexity index is 1010. The molecule has 5 nitrogen and oxygen atoms in total. The van der Waals surface area contributed by atoms with E-state index in [0.29, 0.717) is 11.4 Å². The van der Waals surface area contributed by atoms with Crippen molar-refractivity contribution in [1.82, 2.24) is 0 Å². The number of para-hydroxylation sites is 2. The van der Waals surface area contributed by atoms with Gasteiger partial charge in [0.1, 0.15) is 11.0 Å². The summed E-state index contributed by atoms with van der Waals surface area (Å²) in [6, 6.07) is 26.6. The molecule has 6 heteroatoms. The van der Waals surface area contributed by atoms with Crippen LogP contribution in [0.4, 0.5) is 5.69 Å². The number of thioether (sulfide) groups is 1. The molecule has 0 radical (unpaired) electrons. The quantitative estimate of drug-likeness (QED) is 0.657. The van der Waals surface area contributed by atoms with Gasteiger partial charge in [0.05, 0.1) is 12.2 Å². The number of benzene rings is 3. The number of hydrogen-bond acceptors (Lipinski definition) is 4. The van der Waals surface area contributed by atoms with Crippen LogP contribution < -0.4 is 15.4 Å². The number of anilines is 1. The Morgan fingerprint density at radius 3 is 2.24 bits per heavy atom. The van der Waals surface area contributed by atoms with Gasteiger partial charge in [-0.15, -0.1) is 11.8 Å². The largest absolute Gasteiger partial charge is 0.477 e. The van der Waals surface area contributed by atoms with Gasteiger partial charge in [-0.3, -0.25) is 9.59 Å². The van der Waals surface area contributed by atoms with E-state index in [1.165, 1.54) is 11.8 Å². The summed E-state index contributed by atoms with van der Waals surface area (Å²) in [5.74, 6) is -0.233. The van der Waals surface area contributed by atoms with Crippen molar-refractivity contribution in [2.75, 3.05) is 11.4 Å². The summed E-state index contributed by atoms with van der Waals surface area (Å²) in [6.07, 6.45) is -0.882. The molecule has 0 saturated carbocycles. The van der Waals surface area contributed by atoms with Gasteiger partial charge in [-0.25, -0.2) is 0 Å². The van der Waals surface area contributed by atoms with Gasteiger partial charge in [0.15, 0.2) is 6.10 Å². The van der Waals surface area contributed by atoms with Crippen LogP contribution in [0.3, 0.4) is 0 Å². The van der Waals surface area contributed by atoms with E-state index >= 15 is 0 Å². The number of amides is 2. The molecular formula is C23H20N2O3S. The molecule has 0 aromatic heterocycles. The Morgan fingerprint density at radius 1 is 0.931 bits per heavy atom. The highest BCUT2D eigenvalue weighted by atomic mass is 32.2. The summed E-state index contributed by atoms with van der Waals surface area (Å²) in [5.41, 5.74) is 7.03. The molecule has 29 heavy (non-hydrogen) atoms. The van der Waals surface area contributed by atoms with Crippen molar-refractivity contribution in [1.29, 1.82) is 0 Å². The summed E-state index contributed by atoms with van der Waals surface area (Å²) in [6.45, 7) is 0.0872. The molecule has 2 atom stereocenters. The molecule has 0 bridgehead atoms. The third-order valence-corrected chi connectivity index (χ3v) is 5.93. The second-order valence-corrected chi connectivity index (χ2v) is 7.83. The fraction of sp³-hybridized carbons (Fsp3) is 0.130. The third-order valence-electron chi connectivity index (χ3n) is 4.68. The first-order chi connectivity index (χ1) is 14.1. The molecule has 146 valence electrons. The number of ether oxygens (including phenoxy) is 1. The molecule has 0 spiro atoms. The Balaban J connectivity index is 1.72. The van der Waals surface area contributed by atoms with Crippen LogP contribution in [-0.4, -0.2) is 24.5 Å². The fourth-order valence-electron chi connectivity index (χ4n) is 3.26. The van der Waals surface area contributed by atoms with Crippen molar-refractivity contribution in [3.05, 3.63) is 90.5 Å². The number of hydrogen-bond donors (Lipinski definition) is 1. The maximum Gasteiger partial charge on any atom is 0.260 e. The van der Waals surface area contributed by atoms with Crippen molar-refractivity contribution in [2.24, 2.45) is 5.73 Å². The molecule has 3 aromatic carbocycles. The van der Waals surface area contributed by atoms with Gasteiger partial charge in [-0.05, 0) is 29.8 Å². The van der Waals surface area contributed by atoms with Crippen LogP contribution in [0.1, 0.15) is 10.8 Å². The molecular weight excluding hydrogens is 384 g/mol. The highest BCUT2D eigenvalue weighted by Gasteiger charge is 2.36. The molecule has 1 heterocycles. The van der Waals surface area contributed by atoms with Gasteiger partial charge in [0, 0.05) is 4.90 Å². The molecule has 2 amide bonds. The predicted molar refractivity (Wildman–Crippen MR) is 114 cm³/mol. The van der Waals surface area contributed by atoms with Crippen LogP contribution in [0, 0.1) is 0 Å². The van der Waals surface area contributed by atoms with Crippen LogP contribution in [-0.2, 0) is 9.59 Å².